The van der Waals surface area contributed by atoms with Gasteiger partial charge in [-0.2, -0.15) is 0 Å². The number of rotatable bonds is 3. The van der Waals surface area contributed by atoms with Crippen LogP contribution in [0.25, 0.3) is 10.8 Å². The van der Waals surface area contributed by atoms with E-state index in [1.54, 1.807) is 14.0 Å². The van der Waals surface area contributed by atoms with Crippen LogP contribution < -0.4 is 4.74 Å². The van der Waals surface area contributed by atoms with Gasteiger partial charge in [-0.25, -0.2) is 0 Å². The van der Waals surface area contributed by atoms with E-state index >= 15 is 0 Å². The van der Waals surface area contributed by atoms with Crippen LogP contribution in [-0.4, -0.2) is 18.2 Å². The van der Waals surface area contributed by atoms with Gasteiger partial charge in [-0.3, -0.25) is 4.79 Å². The second-order valence-electron chi connectivity index (χ2n) is 4.03. The summed E-state index contributed by atoms with van der Waals surface area (Å²) in [5.74, 6) is -0.490. The Labute approximate surface area is 116 Å². The zero-order valence-corrected chi connectivity index (χ0v) is 11.1. The molecule has 0 bridgehead atoms. The zero-order valence-electron chi connectivity index (χ0n) is 10.1. The number of carboxylic acid groups (broad SMARTS) is 1. The van der Waals surface area contributed by atoms with Crippen molar-refractivity contribution in [3.05, 3.63) is 42.0 Å². The third-order valence-corrected chi connectivity index (χ3v) is 2.94. The van der Waals surface area contributed by atoms with Crippen LogP contribution >= 0.6 is 0 Å². The number of fused-ring (bicyclic) bond motifs is 1. The van der Waals surface area contributed by atoms with Gasteiger partial charge in [0.15, 0.2) is 0 Å². The van der Waals surface area contributed by atoms with Gasteiger partial charge in [0.05, 0.1) is 13.0 Å². The maximum atomic E-state index is 10.9. The van der Waals surface area contributed by atoms with E-state index in [0.29, 0.717) is 0 Å². The monoisotopic (exact) mass is 288 g/mol. The van der Waals surface area contributed by atoms with E-state index in [2.05, 4.69) is 0 Å². The Bertz CT molecular complexity index is 566. The maximum absolute atomic E-state index is 10.9. The van der Waals surface area contributed by atoms with E-state index in [9.17, 15) is 4.79 Å². The molecule has 0 aliphatic rings. The minimum absolute atomic E-state index is 0. The fourth-order valence-electron chi connectivity index (χ4n) is 1.78. The summed E-state index contributed by atoms with van der Waals surface area (Å²) in [5.41, 5.74) is 0.815. The molecule has 2 aromatic carbocycles. The number of hydrogen-bond acceptors (Lipinski definition) is 2. The van der Waals surface area contributed by atoms with Crippen LogP contribution in [0.1, 0.15) is 18.4 Å². The Balaban J connectivity index is 0.00000162. The fourth-order valence-corrected chi connectivity index (χ4v) is 1.78. The summed E-state index contributed by atoms with van der Waals surface area (Å²) in [6, 6.07) is 11.4. The van der Waals surface area contributed by atoms with Crippen molar-refractivity contribution in [1.29, 1.82) is 0 Å². The average molecular weight is 289 g/mol. The summed E-state index contributed by atoms with van der Waals surface area (Å²) >= 11 is 0. The summed E-state index contributed by atoms with van der Waals surface area (Å²) in [7, 11) is 1.63. The molecule has 18 heavy (non-hydrogen) atoms. The summed E-state index contributed by atoms with van der Waals surface area (Å²) in [6.07, 6.45) is 0. The molecule has 1 N–H and O–H groups in total. The first-order chi connectivity index (χ1) is 8.11. The van der Waals surface area contributed by atoms with Crippen LogP contribution in [0.3, 0.4) is 0 Å². The second kappa shape index (κ2) is 5.88. The number of benzene rings is 2. The number of ether oxygens (including phenoxy) is 1. The van der Waals surface area contributed by atoms with Crippen molar-refractivity contribution in [3.63, 3.8) is 0 Å². The third-order valence-electron chi connectivity index (χ3n) is 2.94. The minimum atomic E-state index is -0.808. The summed E-state index contributed by atoms with van der Waals surface area (Å²) in [6.45, 7) is 1.69. The number of hydrogen-bond donors (Lipinski definition) is 1. The molecule has 2 rings (SSSR count). The first kappa shape index (κ1) is 14.5. The Morgan fingerprint density at radius 3 is 2.39 bits per heavy atom. The van der Waals surface area contributed by atoms with Gasteiger partial charge in [0.1, 0.15) is 5.75 Å². The first-order valence-electron chi connectivity index (χ1n) is 5.42. The largest absolute Gasteiger partial charge is 0.497 e. The maximum Gasteiger partial charge on any atom is 0.310 e. The van der Waals surface area contributed by atoms with Crippen LogP contribution in [-0.2, 0) is 21.3 Å². The Hall–Kier alpha value is -1.54. The molecule has 98 valence electrons. The second-order valence-corrected chi connectivity index (χ2v) is 4.03. The average Bonchev–Trinajstić information content (AvgIpc) is 2.36. The summed E-state index contributed by atoms with van der Waals surface area (Å²) in [5, 5.41) is 11.0. The van der Waals surface area contributed by atoms with E-state index in [0.717, 1.165) is 22.1 Å². The van der Waals surface area contributed by atoms with Gasteiger partial charge in [-0.05, 0) is 35.4 Å². The normalized spacial score (nSPS) is 11.7. The molecule has 4 heteroatoms. The van der Waals surface area contributed by atoms with Gasteiger partial charge < -0.3 is 9.84 Å². The SMILES string of the molecule is COc1ccc2cc([C@H](C)C(=O)O)ccc2c1.[Ni]. The molecule has 0 aromatic heterocycles. The van der Waals surface area contributed by atoms with Crippen LogP contribution in [0, 0.1) is 0 Å². The molecular formula is C14H14NiO3. The first-order valence-corrected chi connectivity index (χ1v) is 5.42. The van der Waals surface area contributed by atoms with Gasteiger partial charge >= 0.3 is 5.97 Å². The summed E-state index contributed by atoms with van der Waals surface area (Å²) in [4.78, 5) is 10.9. The van der Waals surface area contributed by atoms with E-state index in [1.807, 2.05) is 36.4 Å². The van der Waals surface area contributed by atoms with Crippen molar-refractivity contribution in [3.8, 4) is 5.75 Å². The molecule has 0 spiro atoms. The molecule has 2 aromatic rings. The van der Waals surface area contributed by atoms with Crippen LogP contribution in [0.15, 0.2) is 36.4 Å². The predicted octanol–water partition coefficient (Wildman–Crippen LogP) is 3.03. The summed E-state index contributed by atoms with van der Waals surface area (Å²) < 4.78 is 5.14. The number of carboxylic acids is 1. The van der Waals surface area contributed by atoms with E-state index in [1.165, 1.54) is 0 Å². The van der Waals surface area contributed by atoms with E-state index in [4.69, 9.17) is 9.84 Å². The van der Waals surface area contributed by atoms with E-state index < -0.39 is 11.9 Å². The van der Waals surface area contributed by atoms with Crippen molar-refractivity contribution >= 4 is 16.7 Å². The van der Waals surface area contributed by atoms with Crippen LogP contribution in [0.5, 0.6) is 5.75 Å². The molecule has 0 fully saturated rings. The number of methoxy groups -OCH3 is 1. The van der Waals surface area contributed by atoms with Crippen LogP contribution in [0.2, 0.25) is 0 Å². The topological polar surface area (TPSA) is 46.5 Å². The molecule has 0 amide bonds. The molecule has 0 unspecified atom stereocenters. The van der Waals surface area contributed by atoms with Crippen molar-refractivity contribution in [2.45, 2.75) is 12.8 Å². The van der Waals surface area contributed by atoms with Crippen LogP contribution in [0.4, 0.5) is 0 Å². The van der Waals surface area contributed by atoms with Crippen molar-refractivity contribution < 1.29 is 31.1 Å². The molecular weight excluding hydrogens is 275 g/mol. The number of carbonyl (C=O) groups is 1. The van der Waals surface area contributed by atoms with Gasteiger partial charge in [0.25, 0.3) is 0 Å². The minimum Gasteiger partial charge on any atom is -0.497 e. The van der Waals surface area contributed by atoms with Gasteiger partial charge in [-0.1, -0.05) is 24.3 Å². The Morgan fingerprint density at radius 1 is 1.17 bits per heavy atom. The molecule has 0 aliphatic heterocycles. The Kier molecular flexibility index (Phi) is 4.74. The van der Waals surface area contributed by atoms with Gasteiger partial charge in [0.2, 0.25) is 0 Å². The molecule has 0 heterocycles. The fraction of sp³-hybridized carbons (Fsp3) is 0.214. The zero-order chi connectivity index (χ0) is 12.4. The van der Waals surface area contributed by atoms with Crippen molar-refractivity contribution in [1.82, 2.24) is 0 Å². The smallest absolute Gasteiger partial charge is 0.310 e. The molecule has 1 atom stereocenters. The third kappa shape index (κ3) is 2.83. The molecule has 3 nitrogen and oxygen atoms in total. The Morgan fingerprint density at radius 2 is 1.78 bits per heavy atom. The molecule has 0 radical (unpaired) electrons. The molecule has 0 saturated carbocycles. The van der Waals surface area contributed by atoms with Gasteiger partial charge in [-0.15, -0.1) is 0 Å². The number of aliphatic carboxylic acids is 1. The van der Waals surface area contributed by atoms with Crippen molar-refractivity contribution in [2.75, 3.05) is 7.11 Å². The van der Waals surface area contributed by atoms with Gasteiger partial charge in [0, 0.05) is 16.5 Å². The predicted molar refractivity (Wildman–Crippen MR) is 66.6 cm³/mol. The molecule has 0 saturated heterocycles. The standard InChI is InChI=1S/C14H14O3.Ni/c1-9(14(15)16)10-3-4-12-8-13(17-2)6-5-11(12)7-10;/h3-9H,1-2H3,(H,15,16);/t9-;/m0./s1. The van der Waals surface area contributed by atoms with Crippen molar-refractivity contribution in [2.24, 2.45) is 0 Å². The quantitative estimate of drug-likeness (QED) is 0.883. The van der Waals surface area contributed by atoms with E-state index in [-0.39, 0.29) is 16.5 Å². The molecule has 0 aliphatic carbocycles.